The molecule has 2 aromatic rings. The second-order valence-corrected chi connectivity index (χ2v) is 5.22. The Morgan fingerprint density at radius 3 is 2.81 bits per heavy atom. The Kier molecular flexibility index (Phi) is 3.45. The minimum Gasteiger partial charge on any atom is -0.376 e. The summed E-state index contributed by atoms with van der Waals surface area (Å²) < 4.78 is 43.9. The molecule has 0 saturated carbocycles. The molecule has 0 bridgehead atoms. The predicted molar refractivity (Wildman–Crippen MR) is 72.7 cm³/mol. The van der Waals surface area contributed by atoms with Gasteiger partial charge in [0.15, 0.2) is 0 Å². The highest BCUT2D eigenvalue weighted by molar-refractivity contribution is 5.69. The molecule has 1 atom stereocenters. The standard InChI is InChI=1S/C16H14F3NO/c1-10-8-21-9-14-12(10)3-2-4-13(14)11-5-6-20-15(7-11)16(17,18)19/h2-7,10H,8-9H2,1H3. The van der Waals surface area contributed by atoms with E-state index in [0.29, 0.717) is 18.8 Å². The molecule has 1 aromatic heterocycles. The second-order valence-electron chi connectivity index (χ2n) is 5.22. The van der Waals surface area contributed by atoms with Crippen LogP contribution in [0.15, 0.2) is 36.5 Å². The van der Waals surface area contributed by atoms with E-state index in [4.69, 9.17) is 4.74 Å². The highest BCUT2D eigenvalue weighted by atomic mass is 19.4. The number of rotatable bonds is 1. The first kappa shape index (κ1) is 14.1. The average Bonchev–Trinajstić information content (AvgIpc) is 2.46. The van der Waals surface area contributed by atoms with Gasteiger partial charge < -0.3 is 4.74 Å². The molecule has 0 spiro atoms. The SMILES string of the molecule is CC1COCc2c(-c3ccnc(C(F)(F)F)c3)cccc21. The Bertz CT molecular complexity index is 667. The van der Waals surface area contributed by atoms with Crippen LogP contribution >= 0.6 is 0 Å². The molecule has 0 N–H and O–H groups in total. The molecule has 0 fully saturated rings. The maximum Gasteiger partial charge on any atom is 0.433 e. The van der Waals surface area contributed by atoms with Gasteiger partial charge in [-0.15, -0.1) is 0 Å². The number of alkyl halides is 3. The number of halogens is 3. The zero-order chi connectivity index (χ0) is 15.0. The Labute approximate surface area is 120 Å². The van der Waals surface area contributed by atoms with E-state index in [9.17, 15) is 13.2 Å². The first-order valence-corrected chi connectivity index (χ1v) is 6.70. The van der Waals surface area contributed by atoms with E-state index in [1.807, 2.05) is 18.2 Å². The first-order valence-electron chi connectivity index (χ1n) is 6.70. The van der Waals surface area contributed by atoms with Crippen LogP contribution in [-0.2, 0) is 17.5 Å². The third-order valence-corrected chi connectivity index (χ3v) is 3.72. The zero-order valence-electron chi connectivity index (χ0n) is 11.4. The van der Waals surface area contributed by atoms with Crippen molar-refractivity contribution in [1.29, 1.82) is 0 Å². The van der Waals surface area contributed by atoms with E-state index in [1.54, 1.807) is 6.07 Å². The minimum atomic E-state index is -4.44. The number of hydrogen-bond acceptors (Lipinski definition) is 2. The molecule has 0 amide bonds. The van der Waals surface area contributed by atoms with Crippen LogP contribution in [0.3, 0.4) is 0 Å². The van der Waals surface area contributed by atoms with Crippen LogP contribution in [0.25, 0.3) is 11.1 Å². The summed E-state index contributed by atoms with van der Waals surface area (Å²) in [6, 6.07) is 8.41. The molecule has 1 aliphatic heterocycles. The van der Waals surface area contributed by atoms with Crippen LogP contribution in [0.4, 0.5) is 13.2 Å². The largest absolute Gasteiger partial charge is 0.433 e. The van der Waals surface area contributed by atoms with Crippen LogP contribution in [0.2, 0.25) is 0 Å². The Hall–Kier alpha value is -1.88. The normalized spacial score (nSPS) is 18.4. The number of nitrogens with zero attached hydrogens (tertiary/aromatic N) is 1. The van der Waals surface area contributed by atoms with Crippen molar-refractivity contribution in [2.45, 2.75) is 25.6 Å². The molecule has 0 radical (unpaired) electrons. The summed E-state index contributed by atoms with van der Waals surface area (Å²) in [4.78, 5) is 3.41. The lowest BCUT2D eigenvalue weighted by Gasteiger charge is -2.25. The van der Waals surface area contributed by atoms with Gasteiger partial charge in [-0.25, -0.2) is 0 Å². The summed E-state index contributed by atoms with van der Waals surface area (Å²) >= 11 is 0. The van der Waals surface area contributed by atoms with Crippen LogP contribution in [0, 0.1) is 0 Å². The van der Waals surface area contributed by atoms with Gasteiger partial charge in [0.05, 0.1) is 13.2 Å². The summed E-state index contributed by atoms with van der Waals surface area (Å²) in [5.74, 6) is 0.248. The van der Waals surface area contributed by atoms with E-state index in [1.165, 1.54) is 6.20 Å². The number of aromatic nitrogens is 1. The molecule has 0 saturated heterocycles. The number of pyridine rings is 1. The fraction of sp³-hybridized carbons (Fsp3) is 0.312. The molecule has 110 valence electrons. The fourth-order valence-electron chi connectivity index (χ4n) is 2.68. The Balaban J connectivity index is 2.12. The number of benzene rings is 1. The highest BCUT2D eigenvalue weighted by Gasteiger charge is 2.32. The number of fused-ring (bicyclic) bond motifs is 1. The van der Waals surface area contributed by atoms with Gasteiger partial charge in [0.25, 0.3) is 0 Å². The summed E-state index contributed by atoms with van der Waals surface area (Å²) in [7, 11) is 0. The minimum absolute atomic E-state index is 0.248. The van der Waals surface area contributed by atoms with E-state index < -0.39 is 11.9 Å². The first-order chi connectivity index (χ1) is 9.97. The van der Waals surface area contributed by atoms with Gasteiger partial charge in [0, 0.05) is 12.1 Å². The van der Waals surface area contributed by atoms with Gasteiger partial charge >= 0.3 is 6.18 Å². The molecule has 3 rings (SSSR count). The summed E-state index contributed by atoms with van der Waals surface area (Å²) in [6.07, 6.45) is -3.24. The van der Waals surface area contributed by atoms with Crippen molar-refractivity contribution in [2.75, 3.05) is 6.61 Å². The van der Waals surface area contributed by atoms with E-state index >= 15 is 0 Å². The fourth-order valence-corrected chi connectivity index (χ4v) is 2.68. The van der Waals surface area contributed by atoms with E-state index in [0.717, 1.165) is 22.8 Å². The van der Waals surface area contributed by atoms with Crippen molar-refractivity contribution >= 4 is 0 Å². The third-order valence-electron chi connectivity index (χ3n) is 3.72. The molecular weight excluding hydrogens is 279 g/mol. The smallest absolute Gasteiger partial charge is 0.376 e. The van der Waals surface area contributed by atoms with Gasteiger partial charge in [-0.05, 0) is 34.4 Å². The molecule has 1 aliphatic rings. The van der Waals surface area contributed by atoms with E-state index in [2.05, 4.69) is 11.9 Å². The summed E-state index contributed by atoms with van der Waals surface area (Å²) in [5, 5.41) is 0. The molecule has 2 nitrogen and oxygen atoms in total. The third kappa shape index (κ3) is 2.65. The quantitative estimate of drug-likeness (QED) is 0.777. The molecular formula is C16H14F3NO. The molecule has 5 heteroatoms. The Morgan fingerprint density at radius 1 is 1.24 bits per heavy atom. The maximum atomic E-state index is 12.8. The zero-order valence-corrected chi connectivity index (χ0v) is 11.4. The molecule has 1 unspecified atom stereocenters. The van der Waals surface area contributed by atoms with Crippen LogP contribution in [0.1, 0.15) is 29.7 Å². The summed E-state index contributed by atoms with van der Waals surface area (Å²) in [5.41, 5.74) is 2.54. The summed E-state index contributed by atoms with van der Waals surface area (Å²) in [6.45, 7) is 3.12. The van der Waals surface area contributed by atoms with Crippen molar-refractivity contribution in [1.82, 2.24) is 4.98 Å². The number of ether oxygens (including phenoxy) is 1. The monoisotopic (exact) mass is 293 g/mol. The van der Waals surface area contributed by atoms with Crippen LogP contribution < -0.4 is 0 Å². The number of hydrogen-bond donors (Lipinski definition) is 0. The van der Waals surface area contributed by atoms with Crippen molar-refractivity contribution < 1.29 is 17.9 Å². The molecule has 21 heavy (non-hydrogen) atoms. The van der Waals surface area contributed by atoms with Gasteiger partial charge in [-0.1, -0.05) is 25.1 Å². The average molecular weight is 293 g/mol. The molecule has 2 heterocycles. The highest BCUT2D eigenvalue weighted by Crippen LogP contribution is 2.36. The van der Waals surface area contributed by atoms with Crippen LogP contribution in [0.5, 0.6) is 0 Å². The van der Waals surface area contributed by atoms with Gasteiger partial charge in [-0.2, -0.15) is 13.2 Å². The van der Waals surface area contributed by atoms with Gasteiger partial charge in [0.1, 0.15) is 5.69 Å². The van der Waals surface area contributed by atoms with Crippen molar-refractivity contribution in [3.63, 3.8) is 0 Å². The lowest BCUT2D eigenvalue weighted by Crippen LogP contribution is -2.15. The molecule has 0 aliphatic carbocycles. The lowest BCUT2D eigenvalue weighted by atomic mass is 9.88. The Morgan fingerprint density at radius 2 is 2.05 bits per heavy atom. The van der Waals surface area contributed by atoms with Crippen molar-refractivity contribution in [3.8, 4) is 11.1 Å². The predicted octanol–water partition coefficient (Wildman–Crippen LogP) is 4.40. The maximum absolute atomic E-state index is 12.8. The van der Waals surface area contributed by atoms with Crippen molar-refractivity contribution in [3.05, 3.63) is 53.3 Å². The van der Waals surface area contributed by atoms with Crippen LogP contribution in [-0.4, -0.2) is 11.6 Å². The van der Waals surface area contributed by atoms with Gasteiger partial charge in [0.2, 0.25) is 0 Å². The lowest BCUT2D eigenvalue weighted by molar-refractivity contribution is -0.141. The topological polar surface area (TPSA) is 22.1 Å². The molecule has 1 aromatic carbocycles. The van der Waals surface area contributed by atoms with Crippen molar-refractivity contribution in [2.24, 2.45) is 0 Å². The van der Waals surface area contributed by atoms with E-state index in [-0.39, 0.29) is 5.92 Å². The van der Waals surface area contributed by atoms with Gasteiger partial charge in [-0.3, -0.25) is 4.98 Å². The second kappa shape index (κ2) is 5.15.